The summed E-state index contributed by atoms with van der Waals surface area (Å²) in [5.41, 5.74) is 5.42. The topological polar surface area (TPSA) is 51.9 Å². The molecule has 0 N–H and O–H groups in total. The lowest BCUT2D eigenvalue weighted by Crippen LogP contribution is -2.32. The van der Waals surface area contributed by atoms with Crippen molar-refractivity contribution < 1.29 is 4.84 Å². The number of benzene rings is 1. The molecule has 0 aromatic heterocycles. The Morgan fingerprint density at radius 2 is 2.03 bits per heavy atom. The summed E-state index contributed by atoms with van der Waals surface area (Å²) < 4.78 is 0. The van der Waals surface area contributed by atoms with Gasteiger partial charge in [0.05, 0.1) is 23.3 Å². The van der Waals surface area contributed by atoms with Crippen LogP contribution in [-0.4, -0.2) is 49.6 Å². The van der Waals surface area contributed by atoms with Crippen LogP contribution in [0.15, 0.2) is 65.0 Å². The van der Waals surface area contributed by atoms with Crippen LogP contribution in [0.3, 0.4) is 0 Å². The van der Waals surface area contributed by atoms with Gasteiger partial charge in [-0.05, 0) is 75.4 Å². The molecular weight excluding hydrogens is 395 g/mol. The van der Waals surface area contributed by atoms with Crippen LogP contribution in [-0.2, 0) is 11.4 Å². The molecule has 3 aliphatic rings. The Morgan fingerprint density at radius 1 is 1.28 bits per heavy atom. The second-order valence-corrected chi connectivity index (χ2v) is 9.28. The molecule has 1 fully saturated rings. The zero-order valence-electron chi connectivity index (χ0n) is 19.5. The van der Waals surface area contributed by atoms with Gasteiger partial charge >= 0.3 is 0 Å². The van der Waals surface area contributed by atoms with Gasteiger partial charge in [-0.25, -0.2) is 0 Å². The molecule has 32 heavy (non-hydrogen) atoms. The molecule has 2 heterocycles. The molecule has 6 heteroatoms. The van der Waals surface area contributed by atoms with Crippen molar-refractivity contribution in [2.24, 2.45) is 17.0 Å². The zero-order chi connectivity index (χ0) is 22.5. The van der Waals surface area contributed by atoms with E-state index in [1.165, 1.54) is 54.9 Å². The maximum Gasteiger partial charge on any atom is 0.185 e. The van der Waals surface area contributed by atoms with E-state index in [1.807, 2.05) is 24.3 Å². The number of fused-ring (bicyclic) bond motifs is 1. The van der Waals surface area contributed by atoms with Gasteiger partial charge < -0.3 is 14.5 Å². The highest BCUT2D eigenvalue weighted by Gasteiger charge is 2.38. The highest BCUT2D eigenvalue weighted by Crippen LogP contribution is 2.36. The van der Waals surface area contributed by atoms with E-state index in [4.69, 9.17) is 10.1 Å². The van der Waals surface area contributed by atoms with E-state index >= 15 is 0 Å². The number of piperidine rings is 1. The van der Waals surface area contributed by atoms with Crippen molar-refractivity contribution in [2.75, 3.05) is 20.1 Å². The normalized spacial score (nSPS) is 23.7. The fraction of sp³-hybridized carbons (Fsp3) is 0.462. The van der Waals surface area contributed by atoms with Gasteiger partial charge in [-0.2, -0.15) is 5.26 Å². The number of oxime groups is 1. The summed E-state index contributed by atoms with van der Waals surface area (Å²) in [4.78, 5) is 10.7. The van der Waals surface area contributed by atoms with Gasteiger partial charge in [-0.3, -0.25) is 0 Å². The quantitative estimate of drug-likeness (QED) is 0.620. The molecule has 1 saturated heterocycles. The van der Waals surface area contributed by atoms with E-state index in [0.717, 1.165) is 18.9 Å². The fourth-order valence-corrected chi connectivity index (χ4v) is 4.99. The van der Waals surface area contributed by atoms with Crippen molar-refractivity contribution in [2.45, 2.75) is 45.3 Å². The van der Waals surface area contributed by atoms with Crippen molar-refractivity contribution in [1.82, 2.24) is 9.71 Å². The third-order valence-electron chi connectivity index (χ3n) is 6.97. The lowest BCUT2D eigenvalue weighted by Gasteiger charge is -2.31. The number of likely N-dealkylation sites (N-methyl/N-ethyl adjacent to an activating group) is 1. The number of rotatable bonds is 7. The number of nitriles is 1. The van der Waals surface area contributed by atoms with Gasteiger partial charge in [-0.1, -0.05) is 35.5 Å². The highest BCUT2D eigenvalue weighted by molar-refractivity contribution is 6.04. The van der Waals surface area contributed by atoms with Crippen LogP contribution in [0.2, 0.25) is 0 Å². The zero-order valence-corrected chi connectivity index (χ0v) is 19.5. The minimum Gasteiger partial charge on any atom is -0.387 e. The molecule has 0 spiro atoms. The molecule has 1 aliphatic carbocycles. The standard InChI is InChI=1S/C26H33BN4O/c1-3-4-23-25(30(2)18-21-7-5-20(17-28)6-8-21)12-10-22-24(29-32-26(22)23)11-9-19-13-15-31(27)16-14-19/h3-8,10,12,19,22,26H,9,11,13-16,18,27H2,1-2H3/b4-3+. The van der Waals surface area contributed by atoms with Crippen LogP contribution < -0.4 is 0 Å². The maximum atomic E-state index is 9.03. The number of nitrogens with zero attached hydrogens (tertiary/aromatic N) is 4. The first kappa shape index (κ1) is 22.4. The summed E-state index contributed by atoms with van der Waals surface area (Å²) >= 11 is 0. The second-order valence-electron chi connectivity index (χ2n) is 9.28. The lowest BCUT2D eigenvalue weighted by atomic mass is 9.82. The third kappa shape index (κ3) is 5.00. The Labute approximate surface area is 193 Å². The largest absolute Gasteiger partial charge is 0.387 e. The molecule has 1 aromatic rings. The summed E-state index contributed by atoms with van der Waals surface area (Å²) in [5.74, 6) is 1.04. The maximum absolute atomic E-state index is 9.03. The summed E-state index contributed by atoms with van der Waals surface area (Å²) in [7, 11) is 4.33. The molecule has 0 amide bonds. The van der Waals surface area contributed by atoms with Gasteiger partial charge in [0.15, 0.2) is 14.1 Å². The Kier molecular flexibility index (Phi) is 7.17. The molecule has 166 valence electrons. The first-order valence-corrected chi connectivity index (χ1v) is 11.8. The molecule has 2 aliphatic heterocycles. The lowest BCUT2D eigenvalue weighted by molar-refractivity contribution is 0.0964. The van der Waals surface area contributed by atoms with E-state index in [2.05, 4.69) is 67.2 Å². The Morgan fingerprint density at radius 3 is 2.72 bits per heavy atom. The molecular formula is C26H33BN4O. The van der Waals surface area contributed by atoms with Crippen LogP contribution in [0.25, 0.3) is 0 Å². The molecule has 1 aromatic carbocycles. The van der Waals surface area contributed by atoms with Crippen molar-refractivity contribution >= 4 is 13.7 Å². The Hall–Kier alpha value is -2.78. The van der Waals surface area contributed by atoms with Crippen LogP contribution in [0, 0.1) is 23.2 Å². The smallest absolute Gasteiger partial charge is 0.185 e. The van der Waals surface area contributed by atoms with E-state index in [9.17, 15) is 0 Å². The van der Waals surface area contributed by atoms with Gasteiger partial charge in [0.2, 0.25) is 0 Å². The van der Waals surface area contributed by atoms with E-state index < -0.39 is 0 Å². The molecule has 0 saturated carbocycles. The predicted molar refractivity (Wildman–Crippen MR) is 131 cm³/mol. The van der Waals surface area contributed by atoms with Crippen LogP contribution in [0.5, 0.6) is 0 Å². The first-order chi connectivity index (χ1) is 15.6. The third-order valence-corrected chi connectivity index (χ3v) is 6.97. The molecule has 0 radical (unpaired) electrons. The first-order valence-electron chi connectivity index (χ1n) is 11.8. The average Bonchev–Trinajstić information content (AvgIpc) is 3.23. The summed E-state index contributed by atoms with van der Waals surface area (Å²) in [6.07, 6.45) is 13.6. The minimum atomic E-state index is -0.0397. The summed E-state index contributed by atoms with van der Waals surface area (Å²) in [5, 5.41) is 13.6. The van der Waals surface area contributed by atoms with Gasteiger partial charge in [0.1, 0.15) is 0 Å². The van der Waals surface area contributed by atoms with Gasteiger partial charge in [-0.15, -0.1) is 0 Å². The van der Waals surface area contributed by atoms with E-state index in [0.29, 0.717) is 5.56 Å². The molecule has 0 bridgehead atoms. The van der Waals surface area contributed by atoms with Gasteiger partial charge in [0.25, 0.3) is 0 Å². The van der Waals surface area contributed by atoms with Crippen LogP contribution >= 0.6 is 0 Å². The Bertz CT molecular complexity index is 965. The molecule has 5 nitrogen and oxygen atoms in total. The number of hydrogen-bond donors (Lipinski definition) is 0. The minimum absolute atomic E-state index is 0.0397. The van der Waals surface area contributed by atoms with Crippen LogP contribution in [0.1, 0.15) is 43.7 Å². The molecule has 2 atom stereocenters. The Balaban J connectivity index is 1.43. The number of hydrogen-bond acceptors (Lipinski definition) is 5. The fourth-order valence-electron chi connectivity index (χ4n) is 4.99. The second kappa shape index (κ2) is 10.2. The van der Waals surface area contributed by atoms with E-state index in [-0.39, 0.29) is 12.0 Å². The van der Waals surface area contributed by atoms with Crippen molar-refractivity contribution in [3.05, 3.63) is 71.0 Å². The average molecular weight is 428 g/mol. The van der Waals surface area contributed by atoms with E-state index in [1.54, 1.807) is 0 Å². The molecule has 4 rings (SSSR count). The van der Waals surface area contributed by atoms with Crippen molar-refractivity contribution in [1.29, 1.82) is 5.26 Å². The van der Waals surface area contributed by atoms with Crippen molar-refractivity contribution in [3.8, 4) is 6.07 Å². The SMILES string of the molecule is BN1CCC(CCC2=NOC3C(/C=C/C)=C(N(C)Cc4ccc(C#N)cc4)C=CC23)CC1. The summed E-state index contributed by atoms with van der Waals surface area (Å²) in [6, 6.07) is 9.98. The molecule has 2 unspecified atom stereocenters. The van der Waals surface area contributed by atoms with Gasteiger partial charge in [0, 0.05) is 24.9 Å². The predicted octanol–water partition coefficient (Wildman–Crippen LogP) is 3.80. The van der Waals surface area contributed by atoms with Crippen molar-refractivity contribution in [3.63, 3.8) is 0 Å². The monoisotopic (exact) mass is 428 g/mol. The highest BCUT2D eigenvalue weighted by atomic mass is 16.6. The van der Waals surface area contributed by atoms with Crippen LogP contribution in [0.4, 0.5) is 0 Å². The number of allylic oxidation sites excluding steroid dienone is 2. The summed E-state index contributed by atoms with van der Waals surface area (Å²) in [6.45, 7) is 5.24.